The normalized spacial score (nSPS) is 19.0. The third kappa shape index (κ3) is 4.65. The van der Waals surface area contributed by atoms with Crippen LogP contribution < -0.4 is 15.5 Å². The van der Waals surface area contributed by atoms with Crippen LogP contribution in [0.1, 0.15) is 33.1 Å². The van der Waals surface area contributed by atoms with E-state index in [0.717, 1.165) is 16.7 Å². The average Bonchev–Trinajstić information content (AvgIpc) is 3.10. The number of carbonyl (C=O) groups is 2. The lowest BCUT2D eigenvalue weighted by molar-refractivity contribution is -0.596. The molecular formula is C25H23ClN3O3+. The maximum absolute atomic E-state index is 12.9. The molecule has 1 saturated heterocycles. The van der Waals surface area contributed by atoms with Crippen molar-refractivity contribution in [3.8, 4) is 5.75 Å². The lowest BCUT2D eigenvalue weighted by Gasteiger charge is -2.15. The summed E-state index contributed by atoms with van der Waals surface area (Å²) in [6.45, 7) is 1.95. The Morgan fingerprint density at radius 1 is 1.03 bits per heavy atom. The fourth-order valence-corrected chi connectivity index (χ4v) is 3.75. The first-order valence-electron chi connectivity index (χ1n) is 10.2. The van der Waals surface area contributed by atoms with Crippen LogP contribution >= 0.6 is 11.6 Å². The summed E-state index contributed by atoms with van der Waals surface area (Å²) in [4.78, 5) is 25.8. The van der Waals surface area contributed by atoms with Gasteiger partial charge in [-0.05, 0) is 67.6 Å². The molecule has 1 fully saturated rings. The van der Waals surface area contributed by atoms with Gasteiger partial charge < -0.3 is 10.1 Å². The van der Waals surface area contributed by atoms with Gasteiger partial charge in [-0.1, -0.05) is 29.3 Å². The molecule has 4 rings (SSSR count). The number of aryl methyl sites for hydroxylation is 1. The summed E-state index contributed by atoms with van der Waals surface area (Å²) >= 11 is 6.00. The van der Waals surface area contributed by atoms with Crippen molar-refractivity contribution in [3.05, 3.63) is 100 Å². The number of rotatable bonds is 5. The molecule has 0 aromatic heterocycles. The first-order valence-corrected chi connectivity index (χ1v) is 10.5. The van der Waals surface area contributed by atoms with Crippen LogP contribution in [0.5, 0.6) is 5.75 Å². The zero-order chi connectivity index (χ0) is 22.7. The van der Waals surface area contributed by atoms with Gasteiger partial charge in [0.1, 0.15) is 5.75 Å². The van der Waals surface area contributed by atoms with E-state index < -0.39 is 12.1 Å². The Morgan fingerprint density at radius 3 is 2.31 bits per heavy atom. The SMILES string of the molecule is COc1ccc([C@@H]2[C@@H](NC(=O)c3ccc(C)cc3)C(=O)N/[N+]2=C\c2ccc(Cl)cc2)cc1. The minimum Gasteiger partial charge on any atom is -0.497 e. The van der Waals surface area contributed by atoms with Crippen LogP contribution in [0.4, 0.5) is 0 Å². The van der Waals surface area contributed by atoms with Crippen molar-refractivity contribution in [3.63, 3.8) is 0 Å². The fourth-order valence-electron chi connectivity index (χ4n) is 3.62. The predicted octanol–water partition coefficient (Wildman–Crippen LogP) is 3.67. The molecule has 7 heteroatoms. The maximum atomic E-state index is 12.9. The van der Waals surface area contributed by atoms with Gasteiger partial charge in [0.2, 0.25) is 12.3 Å². The van der Waals surface area contributed by atoms with Crippen LogP contribution in [0, 0.1) is 6.92 Å². The van der Waals surface area contributed by atoms with Crippen molar-refractivity contribution in [1.82, 2.24) is 10.7 Å². The number of ether oxygens (including phenoxy) is 1. The van der Waals surface area contributed by atoms with Crippen molar-refractivity contribution >= 4 is 29.6 Å². The van der Waals surface area contributed by atoms with Crippen LogP contribution in [0.3, 0.4) is 0 Å². The summed E-state index contributed by atoms with van der Waals surface area (Å²) in [5.41, 5.74) is 6.13. The van der Waals surface area contributed by atoms with E-state index in [0.29, 0.717) is 16.3 Å². The number of benzene rings is 3. The van der Waals surface area contributed by atoms with Crippen LogP contribution in [0.15, 0.2) is 72.8 Å². The summed E-state index contributed by atoms with van der Waals surface area (Å²) in [6, 6.07) is 20.7. The second-order valence-corrected chi connectivity index (χ2v) is 8.04. The summed E-state index contributed by atoms with van der Waals surface area (Å²) < 4.78 is 6.98. The van der Waals surface area contributed by atoms with Crippen molar-refractivity contribution in [1.29, 1.82) is 0 Å². The zero-order valence-corrected chi connectivity index (χ0v) is 18.5. The molecule has 32 heavy (non-hydrogen) atoms. The number of amides is 2. The number of nitrogens with one attached hydrogen (secondary N) is 2. The number of hydrazone groups is 1. The number of halogens is 1. The van der Waals surface area contributed by atoms with E-state index in [-0.39, 0.29) is 11.8 Å². The van der Waals surface area contributed by atoms with E-state index in [9.17, 15) is 9.59 Å². The van der Waals surface area contributed by atoms with Gasteiger partial charge in [0.25, 0.3) is 5.91 Å². The molecule has 1 aliphatic heterocycles. The molecule has 1 heterocycles. The quantitative estimate of drug-likeness (QED) is 0.585. The van der Waals surface area contributed by atoms with E-state index >= 15 is 0 Å². The topological polar surface area (TPSA) is 70.4 Å². The predicted molar refractivity (Wildman–Crippen MR) is 123 cm³/mol. The third-order valence-corrected chi connectivity index (χ3v) is 5.61. The Balaban J connectivity index is 1.69. The van der Waals surface area contributed by atoms with Crippen LogP contribution in [0.2, 0.25) is 5.02 Å². The van der Waals surface area contributed by atoms with Gasteiger partial charge in [-0.25, -0.2) is 0 Å². The second-order valence-electron chi connectivity index (χ2n) is 7.60. The largest absolute Gasteiger partial charge is 0.497 e. The van der Waals surface area contributed by atoms with Gasteiger partial charge in [0.15, 0.2) is 6.04 Å². The van der Waals surface area contributed by atoms with Crippen LogP contribution in [0.25, 0.3) is 0 Å². The molecule has 0 radical (unpaired) electrons. The molecular weight excluding hydrogens is 426 g/mol. The second kappa shape index (κ2) is 9.24. The first kappa shape index (κ1) is 21.6. The molecule has 2 atom stereocenters. The molecule has 0 bridgehead atoms. The molecule has 0 aliphatic carbocycles. The van der Waals surface area contributed by atoms with Crippen molar-refractivity contribution in [2.24, 2.45) is 0 Å². The Morgan fingerprint density at radius 2 is 1.69 bits per heavy atom. The van der Waals surface area contributed by atoms with Crippen molar-refractivity contribution in [2.45, 2.75) is 19.0 Å². The Kier molecular flexibility index (Phi) is 6.23. The van der Waals surface area contributed by atoms with Crippen molar-refractivity contribution in [2.75, 3.05) is 7.11 Å². The minimum absolute atomic E-state index is 0.295. The molecule has 3 aromatic carbocycles. The molecule has 0 spiro atoms. The highest BCUT2D eigenvalue weighted by atomic mass is 35.5. The van der Waals surface area contributed by atoms with E-state index in [2.05, 4.69) is 10.7 Å². The van der Waals surface area contributed by atoms with Gasteiger partial charge in [-0.2, -0.15) is 0 Å². The number of carbonyl (C=O) groups excluding carboxylic acids is 2. The van der Waals surface area contributed by atoms with E-state index in [1.807, 2.05) is 61.7 Å². The minimum atomic E-state index is -0.791. The number of hydrogen-bond donors (Lipinski definition) is 2. The summed E-state index contributed by atoms with van der Waals surface area (Å²) in [5, 5.41) is 3.53. The van der Waals surface area contributed by atoms with Gasteiger partial charge in [-0.3, -0.25) is 9.59 Å². The number of hydrazine groups is 1. The molecule has 0 saturated carbocycles. The number of hydrogen-bond acceptors (Lipinski definition) is 3. The molecule has 2 N–H and O–H groups in total. The lowest BCUT2D eigenvalue weighted by atomic mass is 9.99. The van der Waals surface area contributed by atoms with Gasteiger partial charge >= 0.3 is 5.91 Å². The molecule has 162 valence electrons. The molecule has 6 nitrogen and oxygen atoms in total. The van der Waals surface area contributed by atoms with Gasteiger partial charge in [0, 0.05) is 21.7 Å². The highest BCUT2D eigenvalue weighted by molar-refractivity contribution is 6.30. The summed E-state index contributed by atoms with van der Waals surface area (Å²) in [6.07, 6.45) is 1.82. The number of nitrogens with zero attached hydrogens (tertiary/aromatic N) is 1. The third-order valence-electron chi connectivity index (χ3n) is 5.35. The van der Waals surface area contributed by atoms with Gasteiger partial charge in [-0.15, -0.1) is 10.1 Å². The Bertz CT molecular complexity index is 1160. The van der Waals surface area contributed by atoms with Crippen molar-refractivity contribution < 1.29 is 19.0 Å². The highest BCUT2D eigenvalue weighted by Gasteiger charge is 2.47. The fraction of sp³-hybridized carbons (Fsp3) is 0.160. The smallest absolute Gasteiger partial charge is 0.304 e. The highest BCUT2D eigenvalue weighted by Crippen LogP contribution is 2.27. The molecule has 3 aromatic rings. The first-order chi connectivity index (χ1) is 15.4. The lowest BCUT2D eigenvalue weighted by Crippen LogP contribution is -2.42. The molecule has 2 amide bonds. The average molecular weight is 449 g/mol. The van der Waals surface area contributed by atoms with Crippen LogP contribution in [-0.2, 0) is 4.79 Å². The Labute approximate surface area is 191 Å². The van der Waals surface area contributed by atoms with Crippen LogP contribution in [-0.4, -0.2) is 35.9 Å². The monoisotopic (exact) mass is 448 g/mol. The molecule has 1 aliphatic rings. The van der Waals surface area contributed by atoms with E-state index in [1.165, 1.54) is 0 Å². The van der Waals surface area contributed by atoms with Gasteiger partial charge in [0.05, 0.1) is 7.11 Å². The zero-order valence-electron chi connectivity index (χ0n) is 17.7. The molecule has 0 unspecified atom stereocenters. The maximum Gasteiger partial charge on any atom is 0.304 e. The number of methoxy groups -OCH3 is 1. The Hall–Kier alpha value is -3.64. The standard InChI is InChI=1S/C25H22ClN3O3/c1-16-3-7-19(8-4-16)24(30)27-22-23(18-9-13-21(32-2)14-10-18)29(28-25(22)31)15-17-5-11-20(26)12-6-17/h3-15,22-23H,1-2H3,(H-,27,28,30,31)/p+1/b29-15-/t22-,23-/m1/s1. The van der Waals surface area contributed by atoms with E-state index in [1.54, 1.807) is 36.1 Å². The summed E-state index contributed by atoms with van der Waals surface area (Å²) in [5.74, 6) is 0.105. The summed E-state index contributed by atoms with van der Waals surface area (Å²) in [7, 11) is 1.60. The van der Waals surface area contributed by atoms with E-state index in [4.69, 9.17) is 16.3 Å².